The maximum Gasteiger partial charge on any atom is 0.179 e. The third-order valence-electron chi connectivity index (χ3n) is 2.00. The minimum absolute atomic E-state index is 0.249. The highest BCUT2D eigenvalue weighted by atomic mass is 32.2. The normalized spacial score (nSPS) is 14.6. The first-order valence-electron chi connectivity index (χ1n) is 4.62. The van der Waals surface area contributed by atoms with Gasteiger partial charge < -0.3 is 0 Å². The molecule has 2 nitrogen and oxygen atoms in total. The summed E-state index contributed by atoms with van der Waals surface area (Å²) in [6.07, 6.45) is -1.54. The number of halogens is 1. The molecule has 0 aliphatic rings. The van der Waals surface area contributed by atoms with Crippen LogP contribution in [0.5, 0.6) is 0 Å². The summed E-state index contributed by atoms with van der Waals surface area (Å²) in [7, 11) is -1.43. The van der Waals surface area contributed by atoms with Gasteiger partial charge in [-0.15, -0.1) is 0 Å². The fourth-order valence-corrected chi connectivity index (χ4v) is 2.11. The number of carbonyl (C=O) groups excluding carboxylic acids is 1. The molecule has 2 unspecified atom stereocenters. The Hall–Kier alpha value is -1.03. The van der Waals surface area contributed by atoms with Crippen LogP contribution in [0.4, 0.5) is 4.39 Å². The monoisotopic (exact) mass is 228 g/mol. The average Bonchev–Trinajstić information content (AvgIpc) is 2.18. The van der Waals surface area contributed by atoms with E-state index in [9.17, 15) is 13.4 Å². The number of carbonyl (C=O) groups is 1. The van der Waals surface area contributed by atoms with Gasteiger partial charge in [-0.05, 0) is 26.0 Å². The van der Waals surface area contributed by atoms with Gasteiger partial charge in [0, 0.05) is 4.90 Å². The van der Waals surface area contributed by atoms with Crippen molar-refractivity contribution in [2.24, 2.45) is 0 Å². The smallest absolute Gasteiger partial charge is 0.179 e. The Morgan fingerprint density at radius 3 is 2.40 bits per heavy atom. The van der Waals surface area contributed by atoms with E-state index in [1.54, 1.807) is 12.1 Å². The fourth-order valence-electron chi connectivity index (χ4n) is 1.02. The number of alkyl halides is 1. The maximum absolute atomic E-state index is 12.6. The topological polar surface area (TPSA) is 34.1 Å². The van der Waals surface area contributed by atoms with Gasteiger partial charge in [0.25, 0.3) is 0 Å². The Morgan fingerprint density at radius 2 is 1.93 bits per heavy atom. The first-order valence-corrected chi connectivity index (χ1v) is 5.94. The van der Waals surface area contributed by atoms with Gasteiger partial charge in [0.2, 0.25) is 0 Å². The van der Waals surface area contributed by atoms with E-state index in [0.29, 0.717) is 4.90 Å². The third kappa shape index (κ3) is 3.55. The van der Waals surface area contributed by atoms with E-state index in [1.807, 2.05) is 19.1 Å². The van der Waals surface area contributed by atoms with Crippen LogP contribution < -0.4 is 0 Å². The highest BCUT2D eigenvalue weighted by Gasteiger charge is 2.15. The first-order chi connectivity index (χ1) is 7.00. The van der Waals surface area contributed by atoms with E-state index >= 15 is 0 Å². The second kappa shape index (κ2) is 5.16. The average molecular weight is 228 g/mol. The summed E-state index contributed by atoms with van der Waals surface area (Å²) in [5.41, 5.74) is 1.06. The van der Waals surface area contributed by atoms with Crippen LogP contribution in [-0.2, 0) is 15.6 Å². The Balaban J connectivity index is 2.69. The van der Waals surface area contributed by atoms with Crippen molar-refractivity contribution in [2.45, 2.75) is 24.9 Å². The van der Waals surface area contributed by atoms with Gasteiger partial charge in [0.15, 0.2) is 12.0 Å². The van der Waals surface area contributed by atoms with Crippen LogP contribution in [0.3, 0.4) is 0 Å². The van der Waals surface area contributed by atoms with E-state index in [0.717, 1.165) is 12.5 Å². The molecule has 0 heterocycles. The molecule has 0 N–H and O–H groups in total. The van der Waals surface area contributed by atoms with Crippen molar-refractivity contribution in [3.8, 4) is 0 Å². The fraction of sp³-hybridized carbons (Fsp3) is 0.364. The lowest BCUT2D eigenvalue weighted by atomic mass is 10.2. The molecule has 82 valence electrons. The predicted molar refractivity (Wildman–Crippen MR) is 58.0 cm³/mol. The summed E-state index contributed by atoms with van der Waals surface area (Å²) < 4.78 is 24.1. The summed E-state index contributed by atoms with van der Waals surface area (Å²) in [5.74, 6) is -0.866. The standard InChI is InChI=1S/C11H13FO2S/c1-8-3-5-10(6-4-8)15(14)7-11(13)9(2)12/h3-6,9H,7H2,1-2H3. The van der Waals surface area contributed by atoms with E-state index in [-0.39, 0.29) is 5.75 Å². The van der Waals surface area contributed by atoms with E-state index in [1.165, 1.54) is 0 Å². The molecule has 0 spiro atoms. The predicted octanol–water partition coefficient (Wildman–Crippen LogP) is 2.03. The zero-order chi connectivity index (χ0) is 11.4. The molecule has 0 radical (unpaired) electrons. The number of aryl methyl sites for hydroxylation is 1. The quantitative estimate of drug-likeness (QED) is 0.790. The van der Waals surface area contributed by atoms with Gasteiger partial charge in [-0.3, -0.25) is 9.00 Å². The number of hydrogen-bond acceptors (Lipinski definition) is 2. The van der Waals surface area contributed by atoms with Crippen LogP contribution in [0.1, 0.15) is 12.5 Å². The molecule has 0 aromatic heterocycles. The molecular formula is C11H13FO2S. The zero-order valence-corrected chi connectivity index (χ0v) is 9.51. The van der Waals surface area contributed by atoms with Crippen molar-refractivity contribution >= 4 is 16.6 Å². The van der Waals surface area contributed by atoms with Gasteiger partial charge in [0.05, 0.1) is 16.6 Å². The highest BCUT2D eigenvalue weighted by Crippen LogP contribution is 2.09. The lowest BCUT2D eigenvalue weighted by Gasteiger charge is -2.02. The van der Waals surface area contributed by atoms with Gasteiger partial charge >= 0.3 is 0 Å². The molecule has 0 bridgehead atoms. The van der Waals surface area contributed by atoms with Crippen LogP contribution in [0.15, 0.2) is 29.2 Å². The number of rotatable bonds is 4. The highest BCUT2D eigenvalue weighted by molar-refractivity contribution is 7.85. The second-order valence-electron chi connectivity index (χ2n) is 3.39. The number of benzene rings is 1. The molecule has 4 heteroatoms. The van der Waals surface area contributed by atoms with Crippen LogP contribution >= 0.6 is 0 Å². The molecule has 1 aromatic carbocycles. The Kier molecular flexibility index (Phi) is 4.15. The Labute approximate surface area is 91.0 Å². The largest absolute Gasteiger partial charge is 0.295 e. The lowest BCUT2D eigenvalue weighted by Crippen LogP contribution is -2.19. The second-order valence-corrected chi connectivity index (χ2v) is 4.84. The zero-order valence-electron chi connectivity index (χ0n) is 8.70. The molecule has 0 fully saturated rings. The molecule has 0 saturated heterocycles. The van der Waals surface area contributed by atoms with Crippen molar-refractivity contribution < 1.29 is 13.4 Å². The lowest BCUT2D eigenvalue weighted by molar-refractivity contribution is -0.120. The summed E-state index contributed by atoms with van der Waals surface area (Å²) in [5, 5.41) is 0. The van der Waals surface area contributed by atoms with Crippen molar-refractivity contribution in [3.05, 3.63) is 29.8 Å². The van der Waals surface area contributed by atoms with Crippen LogP contribution in [0.2, 0.25) is 0 Å². The van der Waals surface area contributed by atoms with E-state index in [4.69, 9.17) is 0 Å². The third-order valence-corrected chi connectivity index (χ3v) is 3.35. The minimum atomic E-state index is -1.54. The number of hydrogen-bond donors (Lipinski definition) is 0. The molecule has 1 rings (SSSR count). The van der Waals surface area contributed by atoms with Crippen LogP contribution in [0.25, 0.3) is 0 Å². The van der Waals surface area contributed by atoms with Crippen molar-refractivity contribution in [2.75, 3.05) is 5.75 Å². The summed E-state index contributed by atoms with van der Waals surface area (Å²) >= 11 is 0. The minimum Gasteiger partial charge on any atom is -0.295 e. The van der Waals surface area contributed by atoms with E-state index in [2.05, 4.69) is 0 Å². The van der Waals surface area contributed by atoms with Crippen molar-refractivity contribution in [1.29, 1.82) is 0 Å². The van der Waals surface area contributed by atoms with Gasteiger partial charge in [0.1, 0.15) is 0 Å². The molecule has 0 aliphatic heterocycles. The molecule has 2 atom stereocenters. The molecule has 0 amide bonds. The molecular weight excluding hydrogens is 215 g/mol. The van der Waals surface area contributed by atoms with E-state index < -0.39 is 22.8 Å². The summed E-state index contributed by atoms with van der Waals surface area (Å²) in [6.45, 7) is 3.08. The molecule has 0 aliphatic carbocycles. The van der Waals surface area contributed by atoms with Gasteiger partial charge in [-0.1, -0.05) is 17.7 Å². The van der Waals surface area contributed by atoms with Crippen LogP contribution in [-0.4, -0.2) is 21.9 Å². The number of ketones is 1. The van der Waals surface area contributed by atoms with Gasteiger partial charge in [-0.2, -0.15) is 0 Å². The van der Waals surface area contributed by atoms with Crippen molar-refractivity contribution in [1.82, 2.24) is 0 Å². The Bertz CT molecular complexity index is 371. The summed E-state index contributed by atoms with van der Waals surface area (Å²) in [4.78, 5) is 11.6. The Morgan fingerprint density at radius 1 is 1.40 bits per heavy atom. The molecule has 0 saturated carbocycles. The van der Waals surface area contributed by atoms with Gasteiger partial charge in [-0.25, -0.2) is 4.39 Å². The number of Topliss-reactive ketones (excluding diaryl/α,β-unsaturated/α-hetero) is 1. The molecule has 15 heavy (non-hydrogen) atoms. The van der Waals surface area contributed by atoms with Crippen LogP contribution in [0, 0.1) is 6.92 Å². The molecule has 1 aromatic rings. The van der Waals surface area contributed by atoms with Crippen molar-refractivity contribution in [3.63, 3.8) is 0 Å². The first kappa shape index (κ1) is 12.0. The SMILES string of the molecule is Cc1ccc(S(=O)CC(=O)C(C)F)cc1. The maximum atomic E-state index is 12.6. The summed E-state index contributed by atoms with van der Waals surface area (Å²) in [6, 6.07) is 7.02.